The molecule has 0 atom stereocenters. The van der Waals surface area contributed by atoms with Crippen LogP contribution in [0.3, 0.4) is 0 Å². The van der Waals surface area contributed by atoms with Crippen molar-refractivity contribution in [2.45, 2.75) is 33.1 Å². The third kappa shape index (κ3) is 2.79. The molecule has 0 aliphatic heterocycles. The highest BCUT2D eigenvalue weighted by molar-refractivity contribution is 5.82. The average Bonchev–Trinajstić information content (AvgIpc) is 2.47. The molecule has 0 saturated heterocycles. The normalized spacial score (nSPS) is 11.9. The van der Waals surface area contributed by atoms with Crippen molar-refractivity contribution >= 4 is 10.9 Å². The topological polar surface area (TPSA) is 32.9 Å². The van der Waals surface area contributed by atoms with Crippen LogP contribution in [0.25, 0.3) is 22.2 Å². The maximum Gasteiger partial charge on any atom is 0.190 e. The van der Waals surface area contributed by atoms with Crippen molar-refractivity contribution in [1.29, 1.82) is 0 Å². The van der Waals surface area contributed by atoms with Crippen molar-refractivity contribution < 1.29 is 4.39 Å². The van der Waals surface area contributed by atoms with Gasteiger partial charge in [0.2, 0.25) is 0 Å². The molecule has 0 aliphatic rings. The zero-order valence-electron chi connectivity index (χ0n) is 13.8. The minimum Gasteiger partial charge on any atom is -0.352 e. The molecule has 3 rings (SSSR count). The number of hydrogen-bond acceptors (Lipinski definition) is 1. The molecule has 2 nitrogen and oxygen atoms in total. The third-order valence-corrected chi connectivity index (χ3v) is 4.20. The van der Waals surface area contributed by atoms with Crippen LogP contribution in [0, 0.1) is 12.7 Å². The summed E-state index contributed by atoms with van der Waals surface area (Å²) in [6, 6.07) is 12.3. The van der Waals surface area contributed by atoms with Gasteiger partial charge in [0.05, 0.1) is 11.2 Å². The first-order valence-corrected chi connectivity index (χ1v) is 7.70. The molecule has 0 unspecified atom stereocenters. The van der Waals surface area contributed by atoms with E-state index in [4.69, 9.17) is 0 Å². The molecular weight excluding hydrogens is 289 g/mol. The largest absolute Gasteiger partial charge is 0.352 e. The summed E-state index contributed by atoms with van der Waals surface area (Å²) in [6.07, 6.45) is 0. The molecule has 1 heterocycles. The lowest BCUT2D eigenvalue weighted by atomic mass is 9.85. The lowest BCUT2D eigenvalue weighted by molar-refractivity contribution is 0.590. The zero-order chi connectivity index (χ0) is 16.8. The van der Waals surface area contributed by atoms with Crippen LogP contribution in [-0.4, -0.2) is 4.98 Å². The molecule has 0 saturated carbocycles. The first-order valence-electron chi connectivity index (χ1n) is 7.70. The van der Waals surface area contributed by atoms with Gasteiger partial charge >= 0.3 is 0 Å². The summed E-state index contributed by atoms with van der Waals surface area (Å²) in [4.78, 5) is 15.4. The summed E-state index contributed by atoms with van der Waals surface area (Å²) in [7, 11) is 0. The standard InChI is InChI=1S/C20H20FNO/c1-12-10-13(20(2,3)4)8-9-14(12)17-11-18(23)15-6-5-7-16(21)19(15)22-17/h5-11H,1-4H3,(H,22,23). The molecule has 1 aromatic heterocycles. The quantitative estimate of drug-likeness (QED) is 0.678. The van der Waals surface area contributed by atoms with Crippen LogP contribution in [0.1, 0.15) is 31.9 Å². The van der Waals surface area contributed by atoms with Gasteiger partial charge in [0, 0.05) is 17.0 Å². The second kappa shape index (κ2) is 5.34. The Bertz CT molecular complexity index is 948. The van der Waals surface area contributed by atoms with Gasteiger partial charge in [-0.25, -0.2) is 4.39 Å². The van der Waals surface area contributed by atoms with Crippen molar-refractivity contribution in [2.75, 3.05) is 0 Å². The molecule has 1 N–H and O–H groups in total. The average molecular weight is 309 g/mol. The number of aromatic amines is 1. The number of hydrogen-bond donors (Lipinski definition) is 1. The summed E-state index contributed by atoms with van der Waals surface area (Å²) in [5.41, 5.74) is 4.00. The lowest BCUT2D eigenvalue weighted by Crippen LogP contribution is -2.11. The molecule has 2 aromatic carbocycles. The second-order valence-electron chi connectivity index (χ2n) is 6.99. The molecule has 3 aromatic rings. The van der Waals surface area contributed by atoms with Crippen LogP contribution >= 0.6 is 0 Å². The van der Waals surface area contributed by atoms with Gasteiger partial charge in [-0.15, -0.1) is 0 Å². The summed E-state index contributed by atoms with van der Waals surface area (Å²) in [6.45, 7) is 8.49. The number of fused-ring (bicyclic) bond motifs is 1. The summed E-state index contributed by atoms with van der Waals surface area (Å²) >= 11 is 0. The van der Waals surface area contributed by atoms with Gasteiger partial charge in [-0.05, 0) is 35.6 Å². The molecule has 0 amide bonds. The van der Waals surface area contributed by atoms with E-state index in [9.17, 15) is 9.18 Å². The Morgan fingerprint density at radius 2 is 1.78 bits per heavy atom. The minimum atomic E-state index is -0.412. The summed E-state index contributed by atoms with van der Waals surface area (Å²) < 4.78 is 14.0. The molecule has 0 bridgehead atoms. The van der Waals surface area contributed by atoms with E-state index in [1.807, 2.05) is 13.0 Å². The number of H-pyrrole nitrogens is 1. The van der Waals surface area contributed by atoms with Gasteiger partial charge in [0.15, 0.2) is 5.43 Å². The molecule has 3 heteroatoms. The van der Waals surface area contributed by atoms with Gasteiger partial charge in [0.1, 0.15) is 5.82 Å². The third-order valence-electron chi connectivity index (χ3n) is 4.20. The first kappa shape index (κ1) is 15.5. The molecule has 0 radical (unpaired) electrons. The SMILES string of the molecule is Cc1cc(C(C)(C)C)ccc1-c1cc(=O)c2cccc(F)c2[nH]1. The zero-order valence-corrected chi connectivity index (χ0v) is 13.8. The molecule has 0 fully saturated rings. The van der Waals surface area contributed by atoms with E-state index in [0.717, 1.165) is 11.1 Å². The Balaban J connectivity index is 2.22. The molecule has 118 valence electrons. The van der Waals surface area contributed by atoms with Crippen molar-refractivity contribution in [1.82, 2.24) is 4.98 Å². The fraction of sp³-hybridized carbons (Fsp3) is 0.250. The van der Waals surface area contributed by atoms with Gasteiger partial charge in [-0.1, -0.05) is 45.0 Å². The van der Waals surface area contributed by atoms with Gasteiger partial charge < -0.3 is 4.98 Å². The summed E-state index contributed by atoms with van der Waals surface area (Å²) in [5, 5.41) is 0.373. The van der Waals surface area contributed by atoms with E-state index in [2.05, 4.69) is 37.9 Å². The van der Waals surface area contributed by atoms with E-state index < -0.39 is 5.82 Å². The number of benzene rings is 2. The van der Waals surface area contributed by atoms with Crippen molar-refractivity contribution in [3.8, 4) is 11.3 Å². The van der Waals surface area contributed by atoms with Crippen LogP contribution in [-0.2, 0) is 5.41 Å². The van der Waals surface area contributed by atoms with Crippen LogP contribution in [0.4, 0.5) is 4.39 Å². The van der Waals surface area contributed by atoms with E-state index >= 15 is 0 Å². The minimum absolute atomic E-state index is 0.0617. The predicted octanol–water partition coefficient (Wildman–Crippen LogP) is 4.94. The molecule has 0 spiro atoms. The van der Waals surface area contributed by atoms with E-state index in [-0.39, 0.29) is 16.4 Å². The maximum absolute atomic E-state index is 14.0. The first-order chi connectivity index (χ1) is 10.8. The Morgan fingerprint density at radius 1 is 1.04 bits per heavy atom. The van der Waals surface area contributed by atoms with Gasteiger partial charge in [-0.2, -0.15) is 0 Å². The highest BCUT2D eigenvalue weighted by Gasteiger charge is 2.15. The highest BCUT2D eigenvalue weighted by Crippen LogP contribution is 2.29. The van der Waals surface area contributed by atoms with Crippen LogP contribution in [0.5, 0.6) is 0 Å². The van der Waals surface area contributed by atoms with Gasteiger partial charge in [-0.3, -0.25) is 4.79 Å². The van der Waals surface area contributed by atoms with Gasteiger partial charge in [0.25, 0.3) is 0 Å². The molecule has 0 aliphatic carbocycles. The predicted molar refractivity (Wildman–Crippen MR) is 93.4 cm³/mol. The number of para-hydroxylation sites is 1. The van der Waals surface area contributed by atoms with E-state index in [1.54, 1.807) is 18.2 Å². The summed E-state index contributed by atoms with van der Waals surface area (Å²) in [5.74, 6) is -0.412. The fourth-order valence-electron chi connectivity index (χ4n) is 2.81. The highest BCUT2D eigenvalue weighted by atomic mass is 19.1. The van der Waals surface area contributed by atoms with Crippen LogP contribution < -0.4 is 5.43 Å². The Morgan fingerprint density at radius 3 is 2.43 bits per heavy atom. The molecular formula is C20H20FNO. The van der Waals surface area contributed by atoms with E-state index in [1.165, 1.54) is 11.6 Å². The maximum atomic E-state index is 14.0. The molecule has 23 heavy (non-hydrogen) atoms. The Labute approximate surface area is 135 Å². The second-order valence-corrected chi connectivity index (χ2v) is 6.99. The van der Waals surface area contributed by atoms with E-state index in [0.29, 0.717) is 11.1 Å². The number of halogens is 1. The smallest absolute Gasteiger partial charge is 0.190 e. The monoisotopic (exact) mass is 309 g/mol. The number of pyridine rings is 1. The van der Waals surface area contributed by atoms with Crippen molar-refractivity contribution in [2.24, 2.45) is 0 Å². The van der Waals surface area contributed by atoms with Crippen molar-refractivity contribution in [3.63, 3.8) is 0 Å². The Hall–Kier alpha value is -2.42. The fourth-order valence-corrected chi connectivity index (χ4v) is 2.81. The number of aryl methyl sites for hydroxylation is 1. The number of aromatic nitrogens is 1. The lowest BCUT2D eigenvalue weighted by Gasteiger charge is -2.20. The number of nitrogens with one attached hydrogen (secondary N) is 1. The van der Waals surface area contributed by atoms with Crippen LogP contribution in [0.2, 0.25) is 0 Å². The number of rotatable bonds is 1. The van der Waals surface area contributed by atoms with Crippen LogP contribution in [0.15, 0.2) is 47.3 Å². The van der Waals surface area contributed by atoms with Crippen molar-refractivity contribution in [3.05, 3.63) is 69.6 Å². The Kier molecular flexibility index (Phi) is 3.59.